The monoisotopic (exact) mass is 571 g/mol. The number of alkyl halides is 2. The van der Waals surface area contributed by atoms with Gasteiger partial charge in [0.25, 0.3) is 5.92 Å². The maximum atomic E-state index is 13.9. The number of nitrogens with zero attached hydrogens (tertiary/aromatic N) is 5. The highest BCUT2D eigenvalue weighted by Crippen LogP contribution is 2.32. The number of halogens is 3. The van der Waals surface area contributed by atoms with E-state index in [0.717, 1.165) is 27.6 Å². The van der Waals surface area contributed by atoms with Crippen LogP contribution < -0.4 is 0 Å². The molecule has 5 heterocycles. The predicted molar refractivity (Wildman–Crippen MR) is 161 cm³/mol. The number of rotatable bonds is 7. The topological polar surface area (TPSA) is 86.4 Å². The SMILES string of the molecule is C=C/C(=C\C(=C/C)c1cc2c(-c3nc4nccc(-c5cccc(F)c5)c4[nH]3)n[nH]c2cn1)CN1CCC(F)(F)C1.CC. The maximum Gasteiger partial charge on any atom is 0.261 e. The largest absolute Gasteiger partial charge is 0.335 e. The van der Waals surface area contributed by atoms with Gasteiger partial charge in [-0.15, -0.1) is 0 Å². The third-order valence-electron chi connectivity index (χ3n) is 7.06. The minimum absolute atomic E-state index is 0.129. The van der Waals surface area contributed by atoms with Crippen molar-refractivity contribution in [2.24, 2.45) is 0 Å². The van der Waals surface area contributed by atoms with Gasteiger partial charge in [-0.3, -0.25) is 15.0 Å². The van der Waals surface area contributed by atoms with Crippen LogP contribution in [-0.2, 0) is 0 Å². The fourth-order valence-electron chi connectivity index (χ4n) is 5.05. The first-order valence-electron chi connectivity index (χ1n) is 13.9. The van der Waals surface area contributed by atoms with Crippen molar-refractivity contribution in [3.63, 3.8) is 0 Å². The molecule has 5 aromatic rings. The standard InChI is InChI=1S/C30H26F3N7.C2H6/c1-3-18(16-40-11-9-30(32,33)17-40)12-19(4-2)24-14-23-25(15-35-24)38-39-27(23)29-36-26-22(8-10-34-28(26)37-29)20-6-5-7-21(31)13-20;1-2/h3-8,10,12-15H,1,9,11,16-17H2,2H3,(H,38,39)(H,34,36,37);1-2H3/b18-12+,19-4+;. The lowest BCUT2D eigenvalue weighted by Crippen LogP contribution is -2.26. The first-order valence-corrected chi connectivity index (χ1v) is 13.9. The average Bonchev–Trinajstić information content (AvgIpc) is 3.71. The van der Waals surface area contributed by atoms with Gasteiger partial charge in [-0.2, -0.15) is 5.10 Å². The zero-order chi connectivity index (χ0) is 29.9. The van der Waals surface area contributed by atoms with E-state index in [9.17, 15) is 13.2 Å². The minimum Gasteiger partial charge on any atom is -0.335 e. The highest BCUT2D eigenvalue weighted by molar-refractivity contribution is 5.96. The second kappa shape index (κ2) is 12.1. The molecular weight excluding hydrogens is 539 g/mol. The van der Waals surface area contributed by atoms with Crippen LogP contribution in [0.4, 0.5) is 13.2 Å². The molecule has 0 bridgehead atoms. The molecule has 1 aliphatic heterocycles. The lowest BCUT2D eigenvalue weighted by atomic mass is 10.1. The van der Waals surface area contributed by atoms with Gasteiger partial charge in [0, 0.05) is 36.7 Å². The number of pyridine rings is 2. The minimum atomic E-state index is -2.65. The summed E-state index contributed by atoms with van der Waals surface area (Å²) in [5, 5.41) is 8.29. The van der Waals surface area contributed by atoms with Crippen LogP contribution in [0.1, 0.15) is 32.9 Å². The molecule has 0 spiro atoms. The van der Waals surface area contributed by atoms with E-state index in [1.165, 1.54) is 12.1 Å². The number of aromatic nitrogens is 6. The Balaban J connectivity index is 0.00000173. The van der Waals surface area contributed by atoms with Crippen molar-refractivity contribution in [2.75, 3.05) is 19.6 Å². The zero-order valence-corrected chi connectivity index (χ0v) is 23.8. The first kappa shape index (κ1) is 28.9. The molecule has 4 aromatic heterocycles. The Kier molecular flexibility index (Phi) is 8.35. The van der Waals surface area contributed by atoms with Crippen LogP contribution >= 0.6 is 0 Å². The van der Waals surface area contributed by atoms with Crippen LogP contribution in [0.2, 0.25) is 0 Å². The van der Waals surface area contributed by atoms with Gasteiger partial charge < -0.3 is 4.98 Å². The molecule has 7 nitrogen and oxygen atoms in total. The fraction of sp³-hybridized carbons (Fsp3) is 0.250. The van der Waals surface area contributed by atoms with Crippen molar-refractivity contribution >= 4 is 27.6 Å². The van der Waals surface area contributed by atoms with Gasteiger partial charge in [0.1, 0.15) is 11.5 Å². The predicted octanol–water partition coefficient (Wildman–Crippen LogP) is 7.59. The summed E-state index contributed by atoms with van der Waals surface area (Å²) in [6.45, 7) is 10.3. The summed E-state index contributed by atoms with van der Waals surface area (Å²) in [7, 11) is 0. The molecule has 1 saturated heterocycles. The van der Waals surface area contributed by atoms with E-state index < -0.39 is 5.92 Å². The normalized spacial score (nSPS) is 15.7. The summed E-state index contributed by atoms with van der Waals surface area (Å²) in [6, 6.07) is 10.1. The molecule has 0 unspecified atom stereocenters. The van der Waals surface area contributed by atoms with E-state index in [1.54, 1.807) is 29.4 Å². The highest BCUT2D eigenvalue weighted by Gasteiger charge is 2.38. The van der Waals surface area contributed by atoms with E-state index in [1.807, 2.05) is 51.1 Å². The molecule has 0 saturated carbocycles. The Bertz CT molecular complexity index is 1800. The molecule has 10 heteroatoms. The molecule has 0 aliphatic carbocycles. The summed E-state index contributed by atoms with van der Waals surface area (Å²) in [4.78, 5) is 18.7. The molecule has 0 radical (unpaired) electrons. The van der Waals surface area contributed by atoms with Crippen LogP contribution in [0, 0.1) is 5.82 Å². The van der Waals surface area contributed by atoms with Crippen molar-refractivity contribution in [3.8, 4) is 22.6 Å². The Morgan fingerprint density at radius 2 is 2.00 bits per heavy atom. The lowest BCUT2D eigenvalue weighted by molar-refractivity contribution is 0.0131. The second-order valence-corrected chi connectivity index (χ2v) is 9.82. The Labute approximate surface area is 241 Å². The summed E-state index contributed by atoms with van der Waals surface area (Å²) in [6.07, 6.45) is 8.76. The summed E-state index contributed by atoms with van der Waals surface area (Å²) >= 11 is 0. The van der Waals surface area contributed by atoms with Gasteiger partial charge in [0.2, 0.25) is 0 Å². The van der Waals surface area contributed by atoms with Gasteiger partial charge in [0.15, 0.2) is 11.5 Å². The summed E-state index contributed by atoms with van der Waals surface area (Å²) in [5.74, 6) is -2.47. The van der Waals surface area contributed by atoms with Crippen molar-refractivity contribution in [1.29, 1.82) is 0 Å². The first-order chi connectivity index (χ1) is 20.3. The molecule has 0 amide bonds. The van der Waals surface area contributed by atoms with Crippen molar-refractivity contribution < 1.29 is 13.2 Å². The van der Waals surface area contributed by atoms with Gasteiger partial charge in [-0.05, 0) is 54.0 Å². The van der Waals surface area contributed by atoms with Crippen LogP contribution in [0.15, 0.2) is 79.2 Å². The number of fused-ring (bicyclic) bond motifs is 2. The number of likely N-dealkylation sites (tertiary alicyclic amines) is 1. The molecule has 1 aromatic carbocycles. The smallest absolute Gasteiger partial charge is 0.261 e. The number of aromatic amines is 2. The van der Waals surface area contributed by atoms with Gasteiger partial charge >= 0.3 is 0 Å². The van der Waals surface area contributed by atoms with Crippen LogP contribution in [0.25, 0.3) is 50.3 Å². The maximum absolute atomic E-state index is 13.9. The Morgan fingerprint density at radius 3 is 2.71 bits per heavy atom. The highest BCUT2D eigenvalue weighted by atomic mass is 19.3. The van der Waals surface area contributed by atoms with E-state index in [4.69, 9.17) is 0 Å². The van der Waals surface area contributed by atoms with Crippen molar-refractivity contribution in [1.82, 2.24) is 35.0 Å². The molecular formula is C32H32F3N7. The summed E-state index contributed by atoms with van der Waals surface area (Å²) < 4.78 is 41.3. The van der Waals surface area contributed by atoms with Gasteiger partial charge in [-0.25, -0.2) is 23.1 Å². The van der Waals surface area contributed by atoms with Crippen molar-refractivity contribution in [2.45, 2.75) is 33.1 Å². The number of H-pyrrole nitrogens is 2. The summed E-state index contributed by atoms with van der Waals surface area (Å²) in [5.41, 5.74) is 6.31. The van der Waals surface area contributed by atoms with E-state index in [0.29, 0.717) is 47.0 Å². The van der Waals surface area contributed by atoms with Gasteiger partial charge in [-0.1, -0.05) is 44.7 Å². The van der Waals surface area contributed by atoms with Crippen LogP contribution in [0.5, 0.6) is 0 Å². The third-order valence-corrected chi connectivity index (χ3v) is 7.06. The molecule has 2 N–H and O–H groups in total. The second-order valence-electron chi connectivity index (χ2n) is 9.82. The zero-order valence-electron chi connectivity index (χ0n) is 23.8. The van der Waals surface area contributed by atoms with Crippen LogP contribution in [-0.4, -0.2) is 60.6 Å². The number of hydrogen-bond acceptors (Lipinski definition) is 5. The average molecular weight is 572 g/mol. The van der Waals surface area contributed by atoms with E-state index in [2.05, 4.69) is 36.7 Å². The lowest BCUT2D eigenvalue weighted by Gasteiger charge is -2.16. The number of imidazole rings is 1. The van der Waals surface area contributed by atoms with E-state index in [-0.39, 0.29) is 18.8 Å². The molecule has 1 fully saturated rings. The van der Waals surface area contributed by atoms with Gasteiger partial charge in [0.05, 0.1) is 29.5 Å². The molecule has 216 valence electrons. The molecule has 0 atom stereocenters. The fourth-order valence-corrected chi connectivity index (χ4v) is 5.05. The number of hydrogen-bond donors (Lipinski definition) is 2. The van der Waals surface area contributed by atoms with Crippen LogP contribution in [0.3, 0.4) is 0 Å². The molecule has 6 rings (SSSR count). The van der Waals surface area contributed by atoms with Crippen molar-refractivity contribution in [3.05, 3.63) is 90.7 Å². The Hall–Kier alpha value is -4.57. The number of benzene rings is 1. The molecule has 1 aliphatic rings. The van der Waals surface area contributed by atoms with E-state index >= 15 is 0 Å². The third kappa shape index (κ3) is 5.89. The quantitative estimate of drug-likeness (QED) is 0.197. The number of nitrogens with one attached hydrogen (secondary N) is 2. The number of allylic oxidation sites excluding steroid dienone is 3. The molecule has 42 heavy (non-hydrogen) atoms. The Morgan fingerprint density at radius 1 is 1.17 bits per heavy atom.